The Kier molecular flexibility index (Phi) is 5.16. The van der Waals surface area contributed by atoms with Crippen molar-refractivity contribution in [2.24, 2.45) is 0 Å². The number of nitrogen functional groups attached to an aromatic ring is 1. The molecule has 110 valence electrons. The molecule has 2 rings (SSSR count). The van der Waals surface area contributed by atoms with Gasteiger partial charge in [0.15, 0.2) is 6.61 Å². The van der Waals surface area contributed by atoms with Crippen LogP contribution in [-0.4, -0.2) is 12.6 Å². The van der Waals surface area contributed by atoms with Crippen LogP contribution in [0.15, 0.2) is 46.9 Å². The molecule has 0 aliphatic heterocycles. The largest absolute Gasteiger partial charge is 0.482 e. The standard InChI is InChI=1S/C15H13BrFNO3/c16-11-4-10(5-12(17)6-11)8-21-15(19)9-20-14-3-1-2-13(18)7-14/h1-7H,8-9,18H2. The van der Waals surface area contributed by atoms with Crippen molar-refractivity contribution < 1.29 is 18.7 Å². The van der Waals surface area contributed by atoms with Crippen LogP contribution in [0.4, 0.5) is 10.1 Å². The lowest BCUT2D eigenvalue weighted by Crippen LogP contribution is -2.14. The van der Waals surface area contributed by atoms with Crippen molar-refractivity contribution in [1.29, 1.82) is 0 Å². The Bertz CT molecular complexity index is 628. The Morgan fingerprint density at radius 1 is 1.24 bits per heavy atom. The molecule has 0 atom stereocenters. The molecule has 2 N–H and O–H groups in total. The Labute approximate surface area is 129 Å². The van der Waals surface area contributed by atoms with Crippen LogP contribution in [0, 0.1) is 5.82 Å². The second-order valence-electron chi connectivity index (χ2n) is 4.30. The van der Waals surface area contributed by atoms with Crippen LogP contribution in [0.2, 0.25) is 0 Å². The van der Waals surface area contributed by atoms with Gasteiger partial charge in [-0.25, -0.2) is 9.18 Å². The van der Waals surface area contributed by atoms with E-state index in [0.29, 0.717) is 21.5 Å². The minimum absolute atomic E-state index is 0.0184. The lowest BCUT2D eigenvalue weighted by molar-refractivity contribution is -0.147. The summed E-state index contributed by atoms with van der Waals surface area (Å²) in [5, 5.41) is 0. The molecule has 0 amide bonds. The van der Waals surface area contributed by atoms with Crippen molar-refractivity contribution in [3.8, 4) is 5.75 Å². The van der Waals surface area contributed by atoms with Crippen molar-refractivity contribution in [1.82, 2.24) is 0 Å². The number of carbonyl (C=O) groups is 1. The molecule has 0 spiro atoms. The first-order chi connectivity index (χ1) is 10.0. The molecule has 0 heterocycles. The molecule has 2 aromatic rings. The Balaban J connectivity index is 1.82. The molecule has 0 aliphatic rings. The number of halogens is 2. The van der Waals surface area contributed by atoms with E-state index in [-0.39, 0.29) is 13.2 Å². The maximum atomic E-state index is 13.2. The van der Waals surface area contributed by atoms with Crippen molar-refractivity contribution in [2.45, 2.75) is 6.61 Å². The number of anilines is 1. The third kappa shape index (κ3) is 5.07. The summed E-state index contributed by atoms with van der Waals surface area (Å²) in [6, 6.07) is 11.0. The highest BCUT2D eigenvalue weighted by atomic mass is 79.9. The van der Waals surface area contributed by atoms with E-state index in [9.17, 15) is 9.18 Å². The lowest BCUT2D eigenvalue weighted by Gasteiger charge is -2.08. The van der Waals surface area contributed by atoms with E-state index >= 15 is 0 Å². The summed E-state index contributed by atoms with van der Waals surface area (Å²) in [6.07, 6.45) is 0. The number of esters is 1. The Morgan fingerprint density at radius 2 is 2.05 bits per heavy atom. The molecule has 0 bridgehead atoms. The number of hydrogen-bond acceptors (Lipinski definition) is 4. The highest BCUT2D eigenvalue weighted by molar-refractivity contribution is 9.10. The molecular formula is C15H13BrFNO3. The van der Waals surface area contributed by atoms with E-state index in [1.165, 1.54) is 12.1 Å². The molecule has 21 heavy (non-hydrogen) atoms. The lowest BCUT2D eigenvalue weighted by atomic mass is 10.2. The number of benzene rings is 2. The minimum atomic E-state index is -0.544. The average molecular weight is 354 g/mol. The van der Waals surface area contributed by atoms with E-state index in [1.807, 2.05) is 0 Å². The van der Waals surface area contributed by atoms with Gasteiger partial charge in [0.05, 0.1) is 0 Å². The number of ether oxygens (including phenoxy) is 2. The van der Waals surface area contributed by atoms with Gasteiger partial charge in [-0.3, -0.25) is 0 Å². The fourth-order valence-electron chi connectivity index (χ4n) is 1.65. The van der Waals surface area contributed by atoms with E-state index in [4.69, 9.17) is 15.2 Å². The first-order valence-electron chi connectivity index (χ1n) is 6.12. The van der Waals surface area contributed by atoms with Crippen LogP contribution in [0.5, 0.6) is 5.75 Å². The maximum Gasteiger partial charge on any atom is 0.344 e. The van der Waals surface area contributed by atoms with Crippen molar-refractivity contribution in [3.63, 3.8) is 0 Å². The van der Waals surface area contributed by atoms with Crippen LogP contribution in [-0.2, 0) is 16.1 Å². The fraction of sp³-hybridized carbons (Fsp3) is 0.133. The quantitative estimate of drug-likeness (QED) is 0.661. The zero-order valence-electron chi connectivity index (χ0n) is 11.0. The predicted molar refractivity (Wildman–Crippen MR) is 80.2 cm³/mol. The van der Waals surface area contributed by atoms with E-state index in [2.05, 4.69) is 15.9 Å². The number of nitrogens with two attached hydrogens (primary N) is 1. The molecule has 4 nitrogen and oxygen atoms in total. The first-order valence-corrected chi connectivity index (χ1v) is 6.91. The molecule has 0 unspecified atom stereocenters. The van der Waals surface area contributed by atoms with Gasteiger partial charge in [0.1, 0.15) is 18.2 Å². The van der Waals surface area contributed by atoms with Gasteiger partial charge in [-0.2, -0.15) is 0 Å². The van der Waals surface area contributed by atoms with Crippen LogP contribution in [0.1, 0.15) is 5.56 Å². The van der Waals surface area contributed by atoms with Crippen molar-refractivity contribution in [2.75, 3.05) is 12.3 Å². The summed E-state index contributed by atoms with van der Waals surface area (Å²) in [6.45, 7) is -0.255. The summed E-state index contributed by atoms with van der Waals surface area (Å²) < 4.78 is 24.0. The van der Waals surface area contributed by atoms with E-state index in [1.54, 1.807) is 30.3 Å². The van der Waals surface area contributed by atoms with Gasteiger partial charge in [0.25, 0.3) is 0 Å². The van der Waals surface area contributed by atoms with Crippen LogP contribution >= 0.6 is 15.9 Å². The second-order valence-corrected chi connectivity index (χ2v) is 5.22. The highest BCUT2D eigenvalue weighted by Crippen LogP contribution is 2.16. The van der Waals surface area contributed by atoms with Gasteiger partial charge >= 0.3 is 5.97 Å². The van der Waals surface area contributed by atoms with E-state index < -0.39 is 11.8 Å². The number of carbonyl (C=O) groups excluding carboxylic acids is 1. The normalized spacial score (nSPS) is 10.2. The Morgan fingerprint density at radius 3 is 2.76 bits per heavy atom. The zero-order valence-corrected chi connectivity index (χ0v) is 12.6. The predicted octanol–water partition coefficient (Wildman–Crippen LogP) is 3.29. The van der Waals surface area contributed by atoms with E-state index in [0.717, 1.165) is 0 Å². The SMILES string of the molecule is Nc1cccc(OCC(=O)OCc2cc(F)cc(Br)c2)c1. The van der Waals surface area contributed by atoms with Crippen LogP contribution in [0.3, 0.4) is 0 Å². The molecule has 6 heteroatoms. The van der Waals surface area contributed by atoms with Crippen LogP contribution < -0.4 is 10.5 Å². The second kappa shape index (κ2) is 7.08. The van der Waals surface area contributed by atoms with Gasteiger partial charge in [-0.15, -0.1) is 0 Å². The smallest absolute Gasteiger partial charge is 0.344 e. The summed E-state index contributed by atoms with van der Waals surface area (Å²) in [5.74, 6) is -0.454. The fourth-order valence-corrected chi connectivity index (χ4v) is 2.16. The molecule has 0 aliphatic carbocycles. The summed E-state index contributed by atoms with van der Waals surface area (Å²) >= 11 is 3.17. The molecule has 0 aromatic heterocycles. The first kappa shape index (κ1) is 15.3. The van der Waals surface area contributed by atoms with Gasteiger partial charge in [0, 0.05) is 16.2 Å². The molecule has 0 saturated heterocycles. The third-order valence-electron chi connectivity index (χ3n) is 2.54. The Hall–Kier alpha value is -2.08. The highest BCUT2D eigenvalue weighted by Gasteiger charge is 2.06. The average Bonchev–Trinajstić information content (AvgIpc) is 2.42. The molecule has 0 fully saturated rings. The van der Waals surface area contributed by atoms with Gasteiger partial charge < -0.3 is 15.2 Å². The third-order valence-corrected chi connectivity index (χ3v) is 2.99. The van der Waals surface area contributed by atoms with Gasteiger partial charge in [-0.05, 0) is 35.9 Å². The topological polar surface area (TPSA) is 61.5 Å². The minimum Gasteiger partial charge on any atom is -0.482 e. The molecule has 2 aromatic carbocycles. The number of hydrogen-bond donors (Lipinski definition) is 1. The van der Waals surface area contributed by atoms with Gasteiger partial charge in [0.2, 0.25) is 0 Å². The number of rotatable bonds is 5. The summed E-state index contributed by atoms with van der Waals surface area (Å²) in [7, 11) is 0. The molecule has 0 radical (unpaired) electrons. The van der Waals surface area contributed by atoms with Crippen LogP contribution in [0.25, 0.3) is 0 Å². The van der Waals surface area contributed by atoms with Crippen molar-refractivity contribution in [3.05, 3.63) is 58.3 Å². The summed E-state index contributed by atoms with van der Waals surface area (Å²) in [4.78, 5) is 11.6. The summed E-state index contributed by atoms with van der Waals surface area (Å²) in [5.41, 5.74) is 6.69. The molecular weight excluding hydrogens is 341 g/mol. The van der Waals surface area contributed by atoms with Crippen molar-refractivity contribution >= 4 is 27.6 Å². The monoisotopic (exact) mass is 353 g/mol. The zero-order chi connectivity index (χ0) is 15.2. The maximum absolute atomic E-state index is 13.2. The van der Waals surface area contributed by atoms with Gasteiger partial charge in [-0.1, -0.05) is 22.0 Å². The molecule has 0 saturated carbocycles.